The molecule has 0 amide bonds. The first-order chi connectivity index (χ1) is 12.2. The maximum Gasteiger partial charge on any atom is 0.148 e. The number of hydrogen-bond acceptors (Lipinski definition) is 2. The van der Waals surface area contributed by atoms with Crippen molar-refractivity contribution in [3.05, 3.63) is 76.9 Å². The molecule has 0 bridgehead atoms. The van der Waals surface area contributed by atoms with E-state index in [0.29, 0.717) is 22.8 Å². The molecule has 131 valence electrons. The van der Waals surface area contributed by atoms with Gasteiger partial charge in [0.25, 0.3) is 0 Å². The normalized spacial score (nSPS) is 9.85. The van der Waals surface area contributed by atoms with E-state index in [0.717, 1.165) is 18.5 Å². The number of benzene rings is 2. The van der Waals surface area contributed by atoms with Crippen LogP contribution in [-0.4, -0.2) is 9.55 Å². The Balaban J connectivity index is 0.00000243. The molecule has 0 saturated heterocycles. The van der Waals surface area contributed by atoms with E-state index in [9.17, 15) is 5.26 Å². The Bertz CT molecular complexity index is 983. The van der Waals surface area contributed by atoms with Gasteiger partial charge in [-0.15, -0.1) is 23.8 Å². The Morgan fingerprint density at radius 1 is 1.23 bits per heavy atom. The smallest absolute Gasteiger partial charge is 0.148 e. The van der Waals surface area contributed by atoms with Crippen LogP contribution in [0.25, 0.3) is 21.9 Å². The molecule has 26 heavy (non-hydrogen) atoms. The summed E-state index contributed by atoms with van der Waals surface area (Å²) in [6.07, 6.45) is 3.53. The predicted octanol–water partition coefficient (Wildman–Crippen LogP) is 4.88. The van der Waals surface area contributed by atoms with E-state index in [4.69, 9.17) is 6.57 Å². The third-order valence-electron chi connectivity index (χ3n) is 4.18. The summed E-state index contributed by atoms with van der Waals surface area (Å²) in [6, 6.07) is 16.7. The molecule has 0 N–H and O–H groups in total. The van der Waals surface area contributed by atoms with Crippen molar-refractivity contribution in [3.63, 3.8) is 0 Å². The topological polar surface area (TPSA) is 46.0 Å². The minimum absolute atomic E-state index is 0. The summed E-state index contributed by atoms with van der Waals surface area (Å²) in [5.74, 6) is 0.637. The first kappa shape index (κ1) is 19.6. The molecule has 1 heterocycles. The quantitative estimate of drug-likeness (QED) is 0.463. The third kappa shape index (κ3) is 3.60. The zero-order chi connectivity index (χ0) is 17.8. The maximum atomic E-state index is 9.34. The van der Waals surface area contributed by atoms with E-state index in [1.807, 2.05) is 4.57 Å². The van der Waals surface area contributed by atoms with E-state index < -0.39 is 0 Å². The van der Waals surface area contributed by atoms with Gasteiger partial charge in [0.15, 0.2) is 0 Å². The van der Waals surface area contributed by atoms with Gasteiger partial charge in [-0.3, -0.25) is 9.83 Å². The van der Waals surface area contributed by atoms with Gasteiger partial charge >= 0.3 is 0 Å². The van der Waals surface area contributed by atoms with Crippen LogP contribution < -0.4 is 0 Å². The first-order valence-electron chi connectivity index (χ1n) is 8.22. The third-order valence-corrected chi connectivity index (χ3v) is 4.18. The molecule has 1 aromatic heterocycles. The Kier molecular flexibility index (Phi) is 6.47. The number of hydrogen-bond donors (Lipinski definition) is 0. The number of aromatic nitrogens is 2. The summed E-state index contributed by atoms with van der Waals surface area (Å²) in [5, 5.41) is 9.34. The molecule has 4 nitrogen and oxygen atoms in total. The van der Waals surface area contributed by atoms with E-state index in [1.54, 1.807) is 24.4 Å². The Labute approximate surface area is 167 Å². The fourth-order valence-electron chi connectivity index (χ4n) is 2.97. The fourth-order valence-corrected chi connectivity index (χ4v) is 2.97. The molecule has 3 aromatic rings. The van der Waals surface area contributed by atoms with Gasteiger partial charge in [-0.1, -0.05) is 32.0 Å². The van der Waals surface area contributed by atoms with Gasteiger partial charge in [-0.05, 0) is 24.0 Å². The monoisotopic (exact) mass is 518 g/mol. The molecule has 0 spiro atoms. The molecule has 0 saturated carbocycles. The van der Waals surface area contributed by atoms with Crippen molar-refractivity contribution in [2.24, 2.45) is 0 Å². The van der Waals surface area contributed by atoms with Crippen LogP contribution in [0.3, 0.4) is 0 Å². The Morgan fingerprint density at radius 2 is 1.92 bits per heavy atom. The summed E-state index contributed by atoms with van der Waals surface area (Å²) in [6.45, 7) is 11.5. The van der Waals surface area contributed by atoms with Gasteiger partial charge in [0, 0.05) is 32.0 Å². The molecule has 2 aromatic carbocycles. The Hall–Kier alpha value is -2.72. The van der Waals surface area contributed by atoms with Crippen molar-refractivity contribution >= 4 is 5.69 Å². The van der Waals surface area contributed by atoms with Crippen molar-refractivity contribution in [1.29, 1.82) is 5.26 Å². The molecular weight excluding hydrogens is 500 g/mol. The number of para-hydroxylation sites is 1. The number of imidazole rings is 1. The van der Waals surface area contributed by atoms with Gasteiger partial charge in [-0.25, -0.2) is 0 Å². The maximum absolute atomic E-state index is 9.34. The standard InChI is InChI=1S/C21H17N4.Ir/c1-4-15-8-6-9-16(5-2)20(15)25-14-19(13-22)24-21(25)17-10-7-11-18(12-17)23-3;/h6-9,11-12,14H,4-5H2,1-2H3;/q-1;. The fraction of sp³-hybridized carbons (Fsp3) is 0.190. The van der Waals surface area contributed by atoms with Crippen LogP contribution in [0.4, 0.5) is 5.69 Å². The van der Waals surface area contributed by atoms with Crippen molar-refractivity contribution < 1.29 is 20.1 Å². The molecule has 0 unspecified atom stereocenters. The van der Waals surface area contributed by atoms with Crippen LogP contribution in [0.15, 0.2) is 42.6 Å². The van der Waals surface area contributed by atoms with Gasteiger partial charge < -0.3 is 4.57 Å². The van der Waals surface area contributed by atoms with E-state index in [-0.39, 0.29) is 20.1 Å². The van der Waals surface area contributed by atoms with Crippen LogP contribution >= 0.6 is 0 Å². The largest absolute Gasteiger partial charge is 0.338 e. The molecule has 0 aliphatic rings. The SMILES string of the molecule is [C-]#[N+]c1cc[c-]c(-c2nc(C#N)cn2-c2c(CC)cccc2CC)c1.[Ir]. The molecular formula is C21H17IrN4-. The summed E-state index contributed by atoms with van der Waals surface area (Å²) in [4.78, 5) is 7.95. The van der Waals surface area contributed by atoms with Crippen LogP contribution in [0.5, 0.6) is 0 Å². The predicted molar refractivity (Wildman–Crippen MR) is 97.6 cm³/mol. The second-order valence-corrected chi connectivity index (χ2v) is 5.64. The minimum Gasteiger partial charge on any atom is -0.338 e. The molecule has 0 atom stereocenters. The zero-order valence-corrected chi connectivity index (χ0v) is 17.0. The molecule has 1 radical (unpaired) electrons. The van der Waals surface area contributed by atoms with Gasteiger partial charge in [0.1, 0.15) is 17.5 Å². The average molecular weight is 518 g/mol. The summed E-state index contributed by atoms with van der Waals surface area (Å²) in [5.41, 5.74) is 5.06. The second kappa shape index (κ2) is 8.59. The van der Waals surface area contributed by atoms with Crippen molar-refractivity contribution in [3.8, 4) is 23.1 Å². The summed E-state index contributed by atoms with van der Waals surface area (Å²) >= 11 is 0. The zero-order valence-electron chi connectivity index (χ0n) is 14.6. The van der Waals surface area contributed by atoms with Crippen LogP contribution in [-0.2, 0) is 32.9 Å². The molecule has 5 heteroatoms. The number of rotatable bonds is 4. The van der Waals surface area contributed by atoms with Crippen LogP contribution in [0.1, 0.15) is 30.7 Å². The van der Waals surface area contributed by atoms with Gasteiger partial charge in [0.05, 0.1) is 12.4 Å². The molecule has 0 aliphatic heterocycles. The summed E-state index contributed by atoms with van der Waals surface area (Å²) in [7, 11) is 0. The number of aryl methyl sites for hydroxylation is 2. The number of nitriles is 1. The Morgan fingerprint density at radius 3 is 2.50 bits per heavy atom. The minimum atomic E-state index is 0. The average Bonchev–Trinajstić information content (AvgIpc) is 3.11. The summed E-state index contributed by atoms with van der Waals surface area (Å²) < 4.78 is 1.97. The van der Waals surface area contributed by atoms with Crippen molar-refractivity contribution in [2.75, 3.05) is 0 Å². The van der Waals surface area contributed by atoms with Crippen LogP contribution in [0, 0.1) is 24.0 Å². The second-order valence-electron chi connectivity index (χ2n) is 5.64. The van der Waals surface area contributed by atoms with Crippen molar-refractivity contribution in [1.82, 2.24) is 9.55 Å². The van der Waals surface area contributed by atoms with Crippen molar-refractivity contribution in [2.45, 2.75) is 26.7 Å². The van der Waals surface area contributed by atoms with Gasteiger partial charge in [-0.2, -0.15) is 11.3 Å². The van der Waals surface area contributed by atoms with Gasteiger partial charge in [0.2, 0.25) is 0 Å². The first-order valence-corrected chi connectivity index (χ1v) is 8.22. The van der Waals surface area contributed by atoms with E-state index >= 15 is 0 Å². The van der Waals surface area contributed by atoms with E-state index in [1.165, 1.54) is 11.1 Å². The van der Waals surface area contributed by atoms with E-state index in [2.05, 4.69) is 54.0 Å². The van der Waals surface area contributed by atoms with Crippen LogP contribution in [0.2, 0.25) is 0 Å². The number of nitrogens with zero attached hydrogens (tertiary/aromatic N) is 4. The molecule has 0 fully saturated rings. The molecule has 0 aliphatic carbocycles. The molecule has 3 rings (SSSR count).